The van der Waals surface area contributed by atoms with Gasteiger partial charge in [-0.3, -0.25) is 0 Å². The van der Waals surface area contributed by atoms with Crippen LogP contribution < -0.4 is 4.74 Å². The summed E-state index contributed by atoms with van der Waals surface area (Å²) in [6, 6.07) is 5.97. The van der Waals surface area contributed by atoms with Gasteiger partial charge in [-0.05, 0) is 77.5 Å². The highest BCUT2D eigenvalue weighted by Crippen LogP contribution is 2.29. The van der Waals surface area contributed by atoms with E-state index < -0.39 is 5.60 Å². The maximum atomic E-state index is 12.0. The number of nitrogens with zero attached hydrogens (tertiary/aromatic N) is 1. The molecule has 0 radical (unpaired) electrons. The van der Waals surface area contributed by atoms with E-state index in [0.29, 0.717) is 13.1 Å². The summed E-state index contributed by atoms with van der Waals surface area (Å²) < 4.78 is 13.4. The van der Waals surface area contributed by atoms with Crippen LogP contribution in [0.2, 0.25) is 0 Å². The van der Waals surface area contributed by atoms with Gasteiger partial charge < -0.3 is 14.4 Å². The van der Waals surface area contributed by atoms with E-state index in [1.165, 1.54) is 0 Å². The van der Waals surface area contributed by atoms with E-state index in [9.17, 15) is 4.79 Å². The SMILES string of the molecule is CC(C)(C)OC(=O)N1CCC(Oc2cc(I)ccc2Br)C1. The summed E-state index contributed by atoms with van der Waals surface area (Å²) in [7, 11) is 0. The maximum absolute atomic E-state index is 12.0. The van der Waals surface area contributed by atoms with Crippen LogP contribution in [0.25, 0.3) is 0 Å². The number of rotatable bonds is 2. The molecule has 1 aliphatic rings. The van der Waals surface area contributed by atoms with Crippen molar-refractivity contribution in [2.45, 2.75) is 38.9 Å². The number of halogens is 2. The lowest BCUT2D eigenvalue weighted by atomic mass is 10.2. The summed E-state index contributed by atoms with van der Waals surface area (Å²) >= 11 is 5.74. The van der Waals surface area contributed by atoms with Crippen molar-refractivity contribution >= 4 is 44.6 Å². The van der Waals surface area contributed by atoms with Gasteiger partial charge in [-0.2, -0.15) is 0 Å². The lowest BCUT2D eigenvalue weighted by molar-refractivity contribution is 0.0275. The largest absolute Gasteiger partial charge is 0.487 e. The lowest BCUT2D eigenvalue weighted by Gasteiger charge is -2.24. The van der Waals surface area contributed by atoms with Gasteiger partial charge in [-0.1, -0.05) is 0 Å². The van der Waals surface area contributed by atoms with Crippen molar-refractivity contribution in [2.24, 2.45) is 0 Å². The molecule has 0 aromatic heterocycles. The minimum absolute atomic E-state index is 0.00650. The summed E-state index contributed by atoms with van der Waals surface area (Å²) in [5.41, 5.74) is -0.464. The summed E-state index contributed by atoms with van der Waals surface area (Å²) in [4.78, 5) is 13.7. The normalized spacial score (nSPS) is 18.7. The smallest absolute Gasteiger partial charge is 0.410 e. The Morgan fingerprint density at radius 2 is 2.14 bits per heavy atom. The Morgan fingerprint density at radius 1 is 1.43 bits per heavy atom. The molecule has 0 bridgehead atoms. The fraction of sp³-hybridized carbons (Fsp3) is 0.533. The highest BCUT2D eigenvalue weighted by atomic mass is 127. The number of likely N-dealkylation sites (tertiary alicyclic amines) is 1. The minimum Gasteiger partial charge on any atom is -0.487 e. The quantitative estimate of drug-likeness (QED) is 0.603. The Balaban J connectivity index is 1.93. The fourth-order valence-corrected chi connectivity index (χ4v) is 2.87. The van der Waals surface area contributed by atoms with Gasteiger partial charge in [0, 0.05) is 16.5 Å². The second kappa shape index (κ2) is 6.73. The average molecular weight is 468 g/mol. The predicted molar refractivity (Wildman–Crippen MR) is 93.7 cm³/mol. The van der Waals surface area contributed by atoms with E-state index in [0.717, 1.165) is 20.2 Å². The van der Waals surface area contributed by atoms with Crippen molar-refractivity contribution in [3.05, 3.63) is 26.2 Å². The summed E-state index contributed by atoms with van der Waals surface area (Å²) in [6.45, 7) is 6.85. The summed E-state index contributed by atoms with van der Waals surface area (Å²) in [6.07, 6.45) is 0.555. The van der Waals surface area contributed by atoms with Gasteiger partial charge in [0.2, 0.25) is 0 Å². The molecule has 116 valence electrons. The summed E-state index contributed by atoms with van der Waals surface area (Å²) in [5, 5.41) is 0. The van der Waals surface area contributed by atoms with Crippen LogP contribution in [0.4, 0.5) is 4.79 Å². The highest BCUT2D eigenvalue weighted by molar-refractivity contribution is 14.1. The number of hydrogen-bond donors (Lipinski definition) is 0. The molecule has 1 saturated heterocycles. The minimum atomic E-state index is -0.464. The van der Waals surface area contributed by atoms with E-state index in [-0.39, 0.29) is 12.2 Å². The monoisotopic (exact) mass is 467 g/mol. The molecule has 1 aliphatic heterocycles. The standard InChI is InChI=1S/C15H19BrINO3/c1-15(2,3)21-14(19)18-7-6-11(9-18)20-13-8-10(17)4-5-12(13)16/h4-5,8,11H,6-7,9H2,1-3H3. The molecule has 1 fully saturated rings. The van der Waals surface area contributed by atoms with Crippen molar-refractivity contribution in [3.8, 4) is 5.75 Å². The first-order valence-electron chi connectivity index (χ1n) is 6.84. The van der Waals surface area contributed by atoms with Gasteiger partial charge in [0.25, 0.3) is 0 Å². The lowest BCUT2D eigenvalue weighted by Crippen LogP contribution is -2.36. The number of carbonyl (C=O) groups excluding carboxylic acids is 1. The van der Waals surface area contributed by atoms with E-state index in [4.69, 9.17) is 9.47 Å². The van der Waals surface area contributed by atoms with Crippen LogP contribution in [0.1, 0.15) is 27.2 Å². The second-order valence-electron chi connectivity index (χ2n) is 6.03. The van der Waals surface area contributed by atoms with E-state index >= 15 is 0 Å². The molecule has 0 spiro atoms. The van der Waals surface area contributed by atoms with Crippen molar-refractivity contribution < 1.29 is 14.3 Å². The first-order chi connectivity index (χ1) is 9.74. The first-order valence-corrected chi connectivity index (χ1v) is 8.71. The molecular formula is C15H19BrINO3. The van der Waals surface area contributed by atoms with Crippen LogP contribution in [0.5, 0.6) is 5.75 Å². The van der Waals surface area contributed by atoms with Gasteiger partial charge in [-0.15, -0.1) is 0 Å². The molecule has 1 aromatic carbocycles. The van der Waals surface area contributed by atoms with Gasteiger partial charge in [0.1, 0.15) is 17.5 Å². The molecule has 0 saturated carbocycles. The predicted octanol–water partition coefficient (Wildman–Crippen LogP) is 4.44. The Labute approximate surface area is 147 Å². The Bertz CT molecular complexity index is 530. The van der Waals surface area contributed by atoms with Crippen molar-refractivity contribution in [2.75, 3.05) is 13.1 Å². The topological polar surface area (TPSA) is 38.8 Å². The molecule has 1 atom stereocenters. The molecule has 1 unspecified atom stereocenters. The van der Waals surface area contributed by atoms with Crippen LogP contribution in [0.15, 0.2) is 22.7 Å². The third-order valence-corrected chi connectivity index (χ3v) is 4.31. The van der Waals surface area contributed by atoms with Crippen LogP contribution in [0.3, 0.4) is 0 Å². The molecule has 21 heavy (non-hydrogen) atoms. The Morgan fingerprint density at radius 3 is 2.81 bits per heavy atom. The van der Waals surface area contributed by atoms with E-state index in [1.54, 1.807) is 4.90 Å². The van der Waals surface area contributed by atoms with Crippen LogP contribution >= 0.6 is 38.5 Å². The van der Waals surface area contributed by atoms with E-state index in [1.807, 2.05) is 39.0 Å². The zero-order valence-electron chi connectivity index (χ0n) is 12.4. The zero-order chi connectivity index (χ0) is 15.6. The molecule has 1 aromatic rings. The maximum Gasteiger partial charge on any atom is 0.410 e. The first kappa shape index (κ1) is 16.9. The van der Waals surface area contributed by atoms with Crippen LogP contribution in [-0.2, 0) is 4.74 Å². The van der Waals surface area contributed by atoms with Crippen molar-refractivity contribution in [1.82, 2.24) is 4.90 Å². The number of ether oxygens (including phenoxy) is 2. The molecule has 0 aliphatic carbocycles. The van der Waals surface area contributed by atoms with Crippen LogP contribution in [0, 0.1) is 3.57 Å². The van der Waals surface area contributed by atoms with Crippen molar-refractivity contribution in [3.63, 3.8) is 0 Å². The second-order valence-corrected chi connectivity index (χ2v) is 8.13. The summed E-state index contributed by atoms with van der Waals surface area (Å²) in [5.74, 6) is 0.818. The molecule has 2 rings (SSSR count). The van der Waals surface area contributed by atoms with Gasteiger partial charge in [-0.25, -0.2) is 4.79 Å². The third kappa shape index (κ3) is 5.02. The zero-order valence-corrected chi connectivity index (χ0v) is 16.1. The number of hydrogen-bond acceptors (Lipinski definition) is 3. The van der Waals surface area contributed by atoms with Gasteiger partial charge >= 0.3 is 6.09 Å². The van der Waals surface area contributed by atoms with Gasteiger partial charge in [0.05, 0.1) is 11.0 Å². The molecule has 6 heteroatoms. The highest BCUT2D eigenvalue weighted by Gasteiger charge is 2.31. The molecule has 1 amide bonds. The third-order valence-electron chi connectivity index (χ3n) is 2.98. The number of amides is 1. The van der Waals surface area contributed by atoms with Gasteiger partial charge in [0.15, 0.2) is 0 Å². The number of benzene rings is 1. The fourth-order valence-electron chi connectivity index (χ4n) is 2.06. The Hall–Kier alpha value is -0.500. The molecule has 4 nitrogen and oxygen atoms in total. The Kier molecular flexibility index (Phi) is 5.40. The van der Waals surface area contributed by atoms with Crippen LogP contribution in [-0.4, -0.2) is 35.8 Å². The van der Waals surface area contributed by atoms with E-state index in [2.05, 4.69) is 38.5 Å². The average Bonchev–Trinajstić information content (AvgIpc) is 2.80. The molecule has 0 N–H and O–H groups in total. The molecular weight excluding hydrogens is 449 g/mol. The van der Waals surface area contributed by atoms with Crippen molar-refractivity contribution in [1.29, 1.82) is 0 Å². The molecule has 1 heterocycles. The number of carbonyl (C=O) groups is 1.